The summed E-state index contributed by atoms with van der Waals surface area (Å²) < 4.78 is 39.3. The normalized spacial score (nSPS) is 20.5. The maximum Gasteiger partial charge on any atom is 0.431 e. The fourth-order valence-corrected chi connectivity index (χ4v) is 2.58. The zero-order chi connectivity index (χ0) is 18.2. The molecule has 0 saturated carbocycles. The van der Waals surface area contributed by atoms with Crippen molar-refractivity contribution in [3.8, 4) is 0 Å². The van der Waals surface area contributed by atoms with Crippen LogP contribution < -0.4 is 0 Å². The van der Waals surface area contributed by atoms with Crippen molar-refractivity contribution in [2.75, 3.05) is 0 Å². The van der Waals surface area contributed by atoms with E-state index in [2.05, 4.69) is 10.1 Å². The summed E-state index contributed by atoms with van der Waals surface area (Å²) in [7, 11) is 0. The lowest BCUT2D eigenvalue weighted by molar-refractivity contribution is -0.0817. The van der Waals surface area contributed by atoms with Crippen LogP contribution in [0.4, 0.5) is 13.2 Å². The minimum absolute atomic E-state index is 0.0281. The first-order chi connectivity index (χ1) is 11.7. The average molecular weight is 370 g/mol. The molecule has 0 radical (unpaired) electrons. The van der Waals surface area contributed by atoms with E-state index in [9.17, 15) is 23.1 Å². The Balaban J connectivity index is 2.06. The van der Waals surface area contributed by atoms with Crippen LogP contribution in [0.2, 0.25) is 5.02 Å². The number of alkyl halides is 3. The predicted molar refractivity (Wildman–Crippen MR) is 83.9 cm³/mol. The van der Waals surface area contributed by atoms with E-state index in [1.54, 1.807) is 0 Å². The highest BCUT2D eigenvalue weighted by atomic mass is 35.5. The van der Waals surface area contributed by atoms with Gasteiger partial charge in [-0.2, -0.15) is 23.3 Å². The molecule has 25 heavy (non-hydrogen) atoms. The molecule has 1 aliphatic rings. The van der Waals surface area contributed by atoms with Gasteiger partial charge in [0.05, 0.1) is 6.42 Å². The summed E-state index contributed by atoms with van der Waals surface area (Å²) in [5.41, 5.74) is -3.46. The molecule has 0 aliphatic carbocycles. The molecule has 5 nitrogen and oxygen atoms in total. The SMILES string of the molecule is O=C(c1ccc(Cl)cc1)N1N=C(C(F)(F)F)C[C@@]1(O)c1cccnc1. The molecule has 0 spiro atoms. The number of rotatable bonds is 2. The Labute approximate surface area is 145 Å². The van der Waals surface area contributed by atoms with E-state index in [0.29, 0.717) is 10.0 Å². The molecule has 1 N–H and O–H groups in total. The van der Waals surface area contributed by atoms with Crippen LogP contribution in [0.3, 0.4) is 0 Å². The summed E-state index contributed by atoms with van der Waals surface area (Å²) in [6.07, 6.45) is -3.07. The van der Waals surface area contributed by atoms with Crippen LogP contribution in [0, 0.1) is 0 Å². The quantitative estimate of drug-likeness (QED) is 0.883. The van der Waals surface area contributed by atoms with Gasteiger partial charge in [-0.15, -0.1) is 0 Å². The smallest absolute Gasteiger partial charge is 0.365 e. The van der Waals surface area contributed by atoms with Gasteiger partial charge in [-0.1, -0.05) is 17.7 Å². The minimum atomic E-state index is -4.77. The first-order valence-corrected chi connectivity index (χ1v) is 7.47. The third-order valence-electron chi connectivity index (χ3n) is 3.72. The second kappa shape index (κ2) is 6.12. The van der Waals surface area contributed by atoms with Crippen LogP contribution in [-0.2, 0) is 5.72 Å². The molecular weight excluding hydrogens is 359 g/mol. The van der Waals surface area contributed by atoms with Crippen molar-refractivity contribution in [1.29, 1.82) is 0 Å². The van der Waals surface area contributed by atoms with Crippen molar-refractivity contribution in [1.82, 2.24) is 9.99 Å². The van der Waals surface area contributed by atoms with Gasteiger partial charge in [0.1, 0.15) is 5.71 Å². The Kier molecular flexibility index (Phi) is 4.26. The summed E-state index contributed by atoms with van der Waals surface area (Å²) in [6, 6.07) is 8.35. The standard InChI is InChI=1S/C16H11ClF3N3O2/c17-12-5-3-10(4-6-12)14(24)23-15(25,11-2-1-7-21-9-11)8-13(22-23)16(18,19)20/h1-7,9,25H,8H2/t15-/m1/s1. The average Bonchev–Trinajstić information content (AvgIpc) is 2.95. The van der Waals surface area contributed by atoms with Gasteiger partial charge in [0.2, 0.25) is 0 Å². The highest BCUT2D eigenvalue weighted by Gasteiger charge is 2.53. The van der Waals surface area contributed by atoms with Gasteiger partial charge in [-0.3, -0.25) is 9.78 Å². The molecule has 1 aromatic carbocycles. The molecule has 2 aromatic rings. The lowest BCUT2D eigenvalue weighted by Gasteiger charge is -2.31. The van der Waals surface area contributed by atoms with Gasteiger partial charge in [0.25, 0.3) is 5.91 Å². The van der Waals surface area contributed by atoms with Crippen molar-refractivity contribution in [2.45, 2.75) is 18.3 Å². The maximum atomic E-state index is 13.1. The Morgan fingerprint density at radius 3 is 2.48 bits per heavy atom. The molecule has 0 saturated heterocycles. The van der Waals surface area contributed by atoms with Crippen LogP contribution in [0.25, 0.3) is 0 Å². The maximum absolute atomic E-state index is 13.1. The number of benzene rings is 1. The van der Waals surface area contributed by atoms with Crippen molar-refractivity contribution < 1.29 is 23.1 Å². The number of halogens is 4. The Bertz CT molecular complexity index is 825. The summed E-state index contributed by atoms with van der Waals surface area (Å²) in [5, 5.41) is 15.0. The van der Waals surface area contributed by atoms with Crippen molar-refractivity contribution in [3.05, 3.63) is 64.9 Å². The molecule has 1 atom stereocenters. The van der Waals surface area contributed by atoms with E-state index in [0.717, 1.165) is 0 Å². The fraction of sp³-hybridized carbons (Fsp3) is 0.188. The van der Waals surface area contributed by atoms with Gasteiger partial charge in [0, 0.05) is 28.5 Å². The number of aliphatic hydroxyl groups is 1. The first kappa shape index (κ1) is 17.4. The lowest BCUT2D eigenvalue weighted by Crippen LogP contribution is -2.43. The van der Waals surface area contributed by atoms with E-state index in [-0.39, 0.29) is 11.1 Å². The minimum Gasteiger partial charge on any atom is -0.365 e. The molecular formula is C16H11ClF3N3O2. The molecule has 0 unspecified atom stereocenters. The number of hydrazone groups is 1. The largest absolute Gasteiger partial charge is 0.431 e. The third-order valence-corrected chi connectivity index (χ3v) is 3.97. The topological polar surface area (TPSA) is 65.8 Å². The molecule has 0 bridgehead atoms. The summed E-state index contributed by atoms with van der Waals surface area (Å²) in [5.74, 6) is -0.887. The Hall–Kier alpha value is -2.45. The van der Waals surface area contributed by atoms with Gasteiger partial charge in [0.15, 0.2) is 5.72 Å². The van der Waals surface area contributed by atoms with Crippen LogP contribution in [0.1, 0.15) is 22.3 Å². The van der Waals surface area contributed by atoms with Crippen molar-refractivity contribution in [2.24, 2.45) is 5.10 Å². The molecule has 1 amide bonds. The predicted octanol–water partition coefficient (Wildman–Crippen LogP) is 3.34. The number of amides is 1. The number of pyridine rings is 1. The van der Waals surface area contributed by atoms with Gasteiger partial charge in [-0.25, -0.2) is 0 Å². The zero-order valence-corrected chi connectivity index (χ0v) is 13.3. The monoisotopic (exact) mass is 369 g/mol. The van der Waals surface area contributed by atoms with Gasteiger partial charge in [-0.05, 0) is 30.3 Å². The first-order valence-electron chi connectivity index (χ1n) is 7.09. The second-order valence-electron chi connectivity index (χ2n) is 5.40. The van der Waals surface area contributed by atoms with E-state index in [1.165, 1.54) is 48.8 Å². The Morgan fingerprint density at radius 2 is 1.92 bits per heavy atom. The lowest BCUT2D eigenvalue weighted by atomic mass is 9.98. The highest BCUT2D eigenvalue weighted by molar-refractivity contribution is 6.30. The molecule has 0 fully saturated rings. The fourth-order valence-electron chi connectivity index (χ4n) is 2.46. The van der Waals surface area contributed by atoms with Crippen molar-refractivity contribution >= 4 is 23.2 Å². The molecule has 9 heteroatoms. The number of carbonyl (C=O) groups is 1. The molecule has 1 aliphatic heterocycles. The van der Waals surface area contributed by atoms with E-state index >= 15 is 0 Å². The third kappa shape index (κ3) is 3.22. The molecule has 2 heterocycles. The van der Waals surface area contributed by atoms with Crippen LogP contribution in [0.15, 0.2) is 53.9 Å². The van der Waals surface area contributed by atoms with E-state index in [4.69, 9.17) is 11.6 Å². The number of hydrogen-bond acceptors (Lipinski definition) is 4. The van der Waals surface area contributed by atoms with Gasteiger partial charge >= 0.3 is 6.18 Å². The van der Waals surface area contributed by atoms with Crippen LogP contribution in [0.5, 0.6) is 0 Å². The molecule has 3 rings (SSSR count). The molecule has 130 valence electrons. The van der Waals surface area contributed by atoms with E-state index in [1.807, 2.05) is 0 Å². The number of hydrogen-bond donors (Lipinski definition) is 1. The summed E-state index contributed by atoms with van der Waals surface area (Å²) in [4.78, 5) is 16.4. The zero-order valence-electron chi connectivity index (χ0n) is 12.5. The number of carbonyl (C=O) groups excluding carboxylic acids is 1. The Morgan fingerprint density at radius 1 is 1.24 bits per heavy atom. The van der Waals surface area contributed by atoms with Crippen LogP contribution in [-0.4, -0.2) is 32.9 Å². The van der Waals surface area contributed by atoms with Gasteiger partial charge < -0.3 is 5.11 Å². The van der Waals surface area contributed by atoms with E-state index < -0.39 is 29.9 Å². The van der Waals surface area contributed by atoms with Crippen molar-refractivity contribution in [3.63, 3.8) is 0 Å². The molecule has 1 aromatic heterocycles. The second-order valence-corrected chi connectivity index (χ2v) is 5.84. The number of aromatic nitrogens is 1. The number of nitrogens with zero attached hydrogens (tertiary/aromatic N) is 3. The summed E-state index contributed by atoms with van der Waals surface area (Å²) >= 11 is 5.75. The van der Waals surface area contributed by atoms with Crippen LogP contribution >= 0.6 is 11.6 Å². The highest BCUT2D eigenvalue weighted by Crippen LogP contribution is 2.40. The summed E-state index contributed by atoms with van der Waals surface area (Å²) in [6.45, 7) is 0.